The van der Waals surface area contributed by atoms with E-state index < -0.39 is 0 Å². The Hall–Kier alpha value is -0.980. The van der Waals surface area contributed by atoms with Crippen molar-refractivity contribution in [2.24, 2.45) is 0 Å². The van der Waals surface area contributed by atoms with E-state index in [1.807, 2.05) is 0 Å². The Labute approximate surface area is 81.4 Å². The fraction of sp³-hybridized carbons (Fsp3) is 0.500. The maximum atomic E-state index is 2.25. The predicted molar refractivity (Wildman–Crippen MR) is 59.5 cm³/mol. The lowest BCUT2D eigenvalue weighted by molar-refractivity contribution is 0.912. The second kappa shape index (κ2) is 4.31. The smallest absolute Gasteiger partial charge is 0.0363 e. The van der Waals surface area contributed by atoms with Crippen LogP contribution in [0.1, 0.15) is 24.5 Å². The zero-order chi connectivity index (χ0) is 9.84. The van der Waals surface area contributed by atoms with Gasteiger partial charge in [0.25, 0.3) is 0 Å². The second-order valence-corrected chi connectivity index (χ2v) is 3.76. The zero-order valence-corrected chi connectivity index (χ0v) is 9.09. The first-order valence-corrected chi connectivity index (χ1v) is 4.92. The Morgan fingerprint density at radius 1 is 1.23 bits per heavy atom. The molecule has 0 bridgehead atoms. The van der Waals surface area contributed by atoms with Gasteiger partial charge in [0.05, 0.1) is 0 Å². The minimum absolute atomic E-state index is 1.19. The van der Waals surface area contributed by atoms with Gasteiger partial charge in [-0.25, -0.2) is 0 Å². The number of anilines is 1. The molecular weight excluding hydrogens is 158 g/mol. The van der Waals surface area contributed by atoms with Gasteiger partial charge >= 0.3 is 0 Å². The van der Waals surface area contributed by atoms with E-state index in [9.17, 15) is 0 Å². The van der Waals surface area contributed by atoms with Gasteiger partial charge in [0, 0.05) is 19.8 Å². The van der Waals surface area contributed by atoms with Crippen molar-refractivity contribution in [3.8, 4) is 0 Å². The van der Waals surface area contributed by atoms with E-state index in [4.69, 9.17) is 0 Å². The van der Waals surface area contributed by atoms with Crippen LogP contribution in [0.3, 0.4) is 0 Å². The van der Waals surface area contributed by atoms with Crippen LogP contribution in [0.2, 0.25) is 0 Å². The van der Waals surface area contributed by atoms with Crippen molar-refractivity contribution >= 4 is 5.69 Å². The zero-order valence-electron chi connectivity index (χ0n) is 9.09. The summed E-state index contributed by atoms with van der Waals surface area (Å²) in [6.45, 7) is 4.41. The fourth-order valence-corrected chi connectivity index (χ4v) is 1.51. The molecule has 0 unspecified atom stereocenters. The van der Waals surface area contributed by atoms with Crippen molar-refractivity contribution in [2.75, 3.05) is 19.0 Å². The molecule has 0 saturated carbocycles. The Morgan fingerprint density at radius 2 is 1.92 bits per heavy atom. The van der Waals surface area contributed by atoms with E-state index in [1.165, 1.54) is 29.7 Å². The number of benzene rings is 1. The van der Waals surface area contributed by atoms with Crippen LogP contribution in [0, 0.1) is 6.92 Å². The maximum absolute atomic E-state index is 2.25. The predicted octanol–water partition coefficient (Wildman–Crippen LogP) is 3.01. The maximum Gasteiger partial charge on any atom is 0.0363 e. The summed E-state index contributed by atoms with van der Waals surface area (Å²) in [6.07, 6.45) is 2.42. The quantitative estimate of drug-likeness (QED) is 0.686. The number of nitrogens with zero attached hydrogens (tertiary/aromatic N) is 1. The van der Waals surface area contributed by atoms with Crippen LogP contribution < -0.4 is 4.90 Å². The van der Waals surface area contributed by atoms with Crippen molar-refractivity contribution in [3.63, 3.8) is 0 Å². The molecule has 0 heterocycles. The van der Waals surface area contributed by atoms with E-state index in [-0.39, 0.29) is 0 Å². The molecule has 1 rings (SSSR count). The van der Waals surface area contributed by atoms with Crippen molar-refractivity contribution < 1.29 is 0 Å². The largest absolute Gasteiger partial charge is 0.378 e. The molecule has 0 atom stereocenters. The van der Waals surface area contributed by atoms with Crippen LogP contribution >= 0.6 is 0 Å². The summed E-state index contributed by atoms with van der Waals surface area (Å²) >= 11 is 0. The van der Waals surface area contributed by atoms with E-state index >= 15 is 0 Å². The first-order chi connectivity index (χ1) is 6.15. The average Bonchev–Trinajstić information content (AvgIpc) is 2.08. The summed E-state index contributed by atoms with van der Waals surface area (Å²) in [5, 5.41) is 0. The Kier molecular flexibility index (Phi) is 3.35. The topological polar surface area (TPSA) is 3.24 Å². The molecule has 13 heavy (non-hydrogen) atoms. The third-order valence-electron chi connectivity index (χ3n) is 2.36. The third kappa shape index (κ3) is 2.48. The number of hydrogen-bond donors (Lipinski definition) is 0. The van der Waals surface area contributed by atoms with Gasteiger partial charge in [-0.1, -0.05) is 19.4 Å². The van der Waals surface area contributed by atoms with E-state index in [2.05, 4.69) is 51.0 Å². The molecule has 0 aliphatic heterocycles. The molecule has 0 saturated heterocycles. The minimum atomic E-state index is 1.19. The standard InChI is InChI=1S/C12H19N/c1-5-6-11-7-8-12(13(3)4)9-10(11)2/h7-9H,5-6H2,1-4H3. The summed E-state index contributed by atoms with van der Waals surface area (Å²) in [7, 11) is 4.16. The highest BCUT2D eigenvalue weighted by Crippen LogP contribution is 2.18. The third-order valence-corrected chi connectivity index (χ3v) is 2.36. The van der Waals surface area contributed by atoms with E-state index in [0.29, 0.717) is 0 Å². The van der Waals surface area contributed by atoms with Gasteiger partial charge in [0.1, 0.15) is 0 Å². The average molecular weight is 177 g/mol. The lowest BCUT2D eigenvalue weighted by Gasteiger charge is -2.14. The van der Waals surface area contributed by atoms with Crippen LogP contribution in [0.15, 0.2) is 18.2 Å². The summed E-state index contributed by atoms with van der Waals surface area (Å²) in [4.78, 5) is 2.14. The highest BCUT2D eigenvalue weighted by Gasteiger charge is 1.99. The molecule has 0 N–H and O–H groups in total. The highest BCUT2D eigenvalue weighted by molar-refractivity contribution is 5.49. The number of rotatable bonds is 3. The molecule has 0 fully saturated rings. The Balaban J connectivity index is 2.92. The molecule has 0 aliphatic rings. The summed E-state index contributed by atoms with van der Waals surface area (Å²) < 4.78 is 0. The molecule has 0 radical (unpaired) electrons. The van der Waals surface area contributed by atoms with E-state index in [0.717, 1.165) is 0 Å². The van der Waals surface area contributed by atoms with Gasteiger partial charge in [0.2, 0.25) is 0 Å². The Bertz CT molecular complexity index is 276. The minimum Gasteiger partial charge on any atom is -0.378 e. The first kappa shape index (κ1) is 10.1. The second-order valence-electron chi connectivity index (χ2n) is 3.76. The lowest BCUT2D eigenvalue weighted by atomic mass is 10.0. The number of aryl methyl sites for hydroxylation is 2. The molecule has 1 aromatic rings. The monoisotopic (exact) mass is 177 g/mol. The number of hydrogen-bond acceptors (Lipinski definition) is 1. The molecule has 1 nitrogen and oxygen atoms in total. The molecule has 0 spiro atoms. The van der Waals surface area contributed by atoms with Crippen molar-refractivity contribution in [1.29, 1.82) is 0 Å². The summed E-state index contributed by atoms with van der Waals surface area (Å²) in [5.41, 5.74) is 4.18. The van der Waals surface area contributed by atoms with Crippen LogP contribution in [0.25, 0.3) is 0 Å². The van der Waals surface area contributed by atoms with Gasteiger partial charge in [-0.3, -0.25) is 0 Å². The summed E-state index contributed by atoms with van der Waals surface area (Å²) in [5.74, 6) is 0. The van der Waals surface area contributed by atoms with Gasteiger partial charge in [-0.05, 0) is 36.6 Å². The van der Waals surface area contributed by atoms with Crippen LogP contribution in [0.4, 0.5) is 5.69 Å². The van der Waals surface area contributed by atoms with Crippen LogP contribution in [-0.2, 0) is 6.42 Å². The van der Waals surface area contributed by atoms with Gasteiger partial charge < -0.3 is 4.90 Å². The first-order valence-electron chi connectivity index (χ1n) is 4.92. The molecule has 0 aromatic heterocycles. The Morgan fingerprint density at radius 3 is 2.38 bits per heavy atom. The molecule has 0 aliphatic carbocycles. The lowest BCUT2D eigenvalue weighted by Crippen LogP contribution is -2.08. The fourth-order valence-electron chi connectivity index (χ4n) is 1.51. The van der Waals surface area contributed by atoms with Gasteiger partial charge in [0.15, 0.2) is 0 Å². The van der Waals surface area contributed by atoms with Crippen molar-refractivity contribution in [2.45, 2.75) is 26.7 Å². The normalized spacial score (nSPS) is 10.2. The molecule has 1 aromatic carbocycles. The van der Waals surface area contributed by atoms with E-state index in [1.54, 1.807) is 0 Å². The molecule has 72 valence electrons. The van der Waals surface area contributed by atoms with Crippen LogP contribution in [-0.4, -0.2) is 14.1 Å². The SMILES string of the molecule is CCCc1ccc(N(C)C)cc1C. The molecule has 1 heteroatoms. The molecular formula is C12H19N. The van der Waals surface area contributed by atoms with Gasteiger partial charge in [-0.2, -0.15) is 0 Å². The summed E-state index contributed by atoms with van der Waals surface area (Å²) in [6, 6.07) is 6.69. The van der Waals surface area contributed by atoms with Gasteiger partial charge in [-0.15, -0.1) is 0 Å². The van der Waals surface area contributed by atoms with Crippen molar-refractivity contribution in [3.05, 3.63) is 29.3 Å². The molecule has 0 amide bonds. The highest BCUT2D eigenvalue weighted by atomic mass is 15.1. The van der Waals surface area contributed by atoms with Crippen molar-refractivity contribution in [1.82, 2.24) is 0 Å². The van der Waals surface area contributed by atoms with Crippen LogP contribution in [0.5, 0.6) is 0 Å².